The van der Waals surface area contributed by atoms with E-state index in [1.807, 2.05) is 0 Å². The summed E-state index contributed by atoms with van der Waals surface area (Å²) in [6.45, 7) is 2.04. The predicted octanol–water partition coefficient (Wildman–Crippen LogP) is 0.919. The fraction of sp³-hybridized carbons (Fsp3) is 0.417. The predicted molar refractivity (Wildman–Crippen MR) is 74.8 cm³/mol. The summed E-state index contributed by atoms with van der Waals surface area (Å²) >= 11 is 5.69. The molecule has 0 aliphatic rings. The van der Waals surface area contributed by atoms with E-state index >= 15 is 0 Å². The van der Waals surface area contributed by atoms with Gasteiger partial charge in [0.2, 0.25) is 5.91 Å². The van der Waals surface area contributed by atoms with Crippen LogP contribution in [0.1, 0.15) is 6.92 Å². The van der Waals surface area contributed by atoms with Crippen molar-refractivity contribution < 1.29 is 13.2 Å². The van der Waals surface area contributed by atoms with Crippen LogP contribution in [0.4, 0.5) is 0 Å². The Morgan fingerprint density at radius 1 is 1.37 bits per heavy atom. The van der Waals surface area contributed by atoms with Gasteiger partial charge in [0.1, 0.15) is 5.75 Å². The van der Waals surface area contributed by atoms with Crippen LogP contribution in [0.2, 0.25) is 5.02 Å². The van der Waals surface area contributed by atoms with Gasteiger partial charge in [0, 0.05) is 24.7 Å². The highest BCUT2D eigenvalue weighted by Crippen LogP contribution is 2.16. The summed E-state index contributed by atoms with van der Waals surface area (Å²) in [5, 5.41) is 0.444. The van der Waals surface area contributed by atoms with Crippen LogP contribution in [0, 0.1) is 0 Å². The van der Waals surface area contributed by atoms with Gasteiger partial charge >= 0.3 is 0 Å². The molecule has 0 aliphatic heterocycles. The molecule has 5 nitrogen and oxygen atoms in total. The molecule has 19 heavy (non-hydrogen) atoms. The Hall–Kier alpha value is -1.11. The van der Waals surface area contributed by atoms with Crippen LogP contribution in [-0.4, -0.2) is 44.6 Å². The molecule has 0 saturated carbocycles. The minimum atomic E-state index is -3.65. The van der Waals surface area contributed by atoms with Crippen molar-refractivity contribution >= 4 is 27.3 Å². The quantitative estimate of drug-likeness (QED) is 0.877. The minimum absolute atomic E-state index is 0.0825. The summed E-state index contributed by atoms with van der Waals surface area (Å²) in [5.41, 5.74) is 5.44. The first kappa shape index (κ1) is 15.9. The highest BCUT2D eigenvalue weighted by atomic mass is 35.5. The van der Waals surface area contributed by atoms with Gasteiger partial charge in [-0.2, -0.15) is 0 Å². The Balaban J connectivity index is 2.86. The lowest BCUT2D eigenvalue weighted by molar-refractivity contribution is -0.128. The van der Waals surface area contributed by atoms with Crippen molar-refractivity contribution in [1.29, 1.82) is 0 Å². The topological polar surface area (TPSA) is 80.5 Å². The van der Waals surface area contributed by atoms with E-state index in [2.05, 4.69) is 0 Å². The molecule has 106 valence electrons. The summed E-state index contributed by atoms with van der Waals surface area (Å²) in [6.07, 6.45) is 0. The largest absolute Gasteiger partial charge is 0.341 e. The standard InChI is InChI=1S/C12H17ClN2O3S/c1-9(7-14)15(2)12(16)8-19(17,18)11-5-3-10(13)4-6-11/h3-6,9H,7-8,14H2,1-2H3. The third kappa shape index (κ3) is 4.19. The molecule has 1 aromatic rings. The molecular formula is C12H17ClN2O3S. The van der Waals surface area contributed by atoms with Crippen LogP contribution >= 0.6 is 11.6 Å². The van der Waals surface area contributed by atoms with Gasteiger partial charge in [-0.1, -0.05) is 11.6 Å². The normalized spacial score (nSPS) is 13.1. The highest BCUT2D eigenvalue weighted by molar-refractivity contribution is 7.92. The van der Waals surface area contributed by atoms with Crippen molar-refractivity contribution in [2.75, 3.05) is 19.3 Å². The zero-order chi connectivity index (χ0) is 14.6. The first-order valence-corrected chi connectivity index (χ1v) is 7.75. The molecule has 0 bridgehead atoms. The maximum Gasteiger partial charge on any atom is 0.238 e. The van der Waals surface area contributed by atoms with Gasteiger partial charge in [-0.15, -0.1) is 0 Å². The fourth-order valence-corrected chi connectivity index (χ4v) is 2.77. The van der Waals surface area contributed by atoms with Gasteiger partial charge in [-0.25, -0.2) is 8.42 Å². The Morgan fingerprint density at radius 3 is 2.37 bits per heavy atom. The van der Waals surface area contributed by atoms with Crippen LogP contribution in [0.15, 0.2) is 29.2 Å². The smallest absolute Gasteiger partial charge is 0.238 e. The third-order valence-electron chi connectivity index (χ3n) is 2.88. The van der Waals surface area contributed by atoms with Crippen molar-refractivity contribution in [2.24, 2.45) is 5.73 Å². The van der Waals surface area contributed by atoms with E-state index < -0.39 is 21.5 Å². The minimum Gasteiger partial charge on any atom is -0.341 e. The lowest BCUT2D eigenvalue weighted by atomic mass is 10.3. The molecule has 7 heteroatoms. The van der Waals surface area contributed by atoms with E-state index in [1.165, 1.54) is 36.2 Å². The molecule has 1 unspecified atom stereocenters. The average molecular weight is 305 g/mol. The lowest BCUT2D eigenvalue weighted by Crippen LogP contribution is -2.42. The number of carbonyl (C=O) groups is 1. The number of benzene rings is 1. The summed E-state index contributed by atoms with van der Waals surface area (Å²) in [6, 6.07) is 5.53. The van der Waals surface area contributed by atoms with Gasteiger partial charge < -0.3 is 10.6 Å². The van der Waals surface area contributed by atoms with Gasteiger partial charge in [-0.05, 0) is 31.2 Å². The molecule has 1 atom stereocenters. The molecule has 0 fully saturated rings. The van der Waals surface area contributed by atoms with Crippen LogP contribution in [0.25, 0.3) is 0 Å². The molecule has 0 aliphatic carbocycles. The molecule has 1 rings (SSSR count). The van der Waals surface area contributed by atoms with Crippen LogP contribution in [-0.2, 0) is 14.6 Å². The molecule has 1 aromatic carbocycles. The van der Waals surface area contributed by atoms with Gasteiger partial charge in [0.05, 0.1) is 4.90 Å². The second kappa shape index (κ2) is 6.36. The van der Waals surface area contributed by atoms with Crippen molar-refractivity contribution in [1.82, 2.24) is 4.90 Å². The summed E-state index contributed by atoms with van der Waals surface area (Å²) in [7, 11) is -2.11. The van der Waals surface area contributed by atoms with E-state index in [4.69, 9.17) is 17.3 Å². The van der Waals surface area contributed by atoms with Crippen molar-refractivity contribution in [3.05, 3.63) is 29.3 Å². The molecular weight excluding hydrogens is 288 g/mol. The van der Waals surface area contributed by atoms with Crippen molar-refractivity contribution in [3.63, 3.8) is 0 Å². The summed E-state index contributed by atoms with van der Waals surface area (Å²) in [4.78, 5) is 13.3. The Kier molecular flexibility index (Phi) is 5.34. The second-order valence-corrected chi connectivity index (χ2v) is 6.73. The average Bonchev–Trinajstić information content (AvgIpc) is 2.36. The molecule has 0 spiro atoms. The van der Waals surface area contributed by atoms with Gasteiger partial charge in [0.15, 0.2) is 9.84 Å². The van der Waals surface area contributed by atoms with E-state index in [0.29, 0.717) is 5.02 Å². The number of rotatable bonds is 5. The van der Waals surface area contributed by atoms with E-state index in [9.17, 15) is 13.2 Å². The zero-order valence-corrected chi connectivity index (χ0v) is 12.4. The number of halogens is 1. The second-order valence-electron chi connectivity index (χ2n) is 4.30. The van der Waals surface area contributed by atoms with Gasteiger partial charge in [0.25, 0.3) is 0 Å². The Morgan fingerprint density at radius 2 is 1.89 bits per heavy atom. The van der Waals surface area contributed by atoms with Crippen molar-refractivity contribution in [3.8, 4) is 0 Å². The van der Waals surface area contributed by atoms with Crippen LogP contribution < -0.4 is 5.73 Å². The maximum atomic E-state index is 12.0. The van der Waals surface area contributed by atoms with Crippen LogP contribution in [0.5, 0.6) is 0 Å². The molecule has 1 amide bonds. The Bertz CT molecular complexity index is 543. The Labute approximate surface area is 118 Å². The number of nitrogens with two attached hydrogens (primary N) is 1. The van der Waals surface area contributed by atoms with E-state index in [1.54, 1.807) is 6.92 Å². The first-order chi connectivity index (χ1) is 8.77. The van der Waals surface area contributed by atoms with E-state index in [-0.39, 0.29) is 17.5 Å². The fourth-order valence-electron chi connectivity index (χ4n) is 1.39. The van der Waals surface area contributed by atoms with Crippen molar-refractivity contribution in [2.45, 2.75) is 17.9 Å². The number of likely N-dealkylation sites (N-methyl/N-ethyl adjacent to an activating group) is 1. The summed E-state index contributed by atoms with van der Waals surface area (Å²) in [5.74, 6) is -1.05. The number of carbonyl (C=O) groups excluding carboxylic acids is 1. The number of hydrogen-bond acceptors (Lipinski definition) is 4. The number of sulfone groups is 1. The first-order valence-electron chi connectivity index (χ1n) is 5.72. The molecule has 2 N–H and O–H groups in total. The molecule has 0 saturated heterocycles. The van der Waals surface area contributed by atoms with Crippen LogP contribution in [0.3, 0.4) is 0 Å². The SMILES string of the molecule is CC(CN)N(C)C(=O)CS(=O)(=O)c1ccc(Cl)cc1. The van der Waals surface area contributed by atoms with E-state index in [0.717, 1.165) is 0 Å². The zero-order valence-electron chi connectivity index (χ0n) is 10.8. The molecule has 0 radical (unpaired) electrons. The number of amides is 1. The molecule has 0 heterocycles. The third-order valence-corrected chi connectivity index (χ3v) is 4.75. The lowest BCUT2D eigenvalue weighted by Gasteiger charge is -2.23. The van der Waals surface area contributed by atoms with Gasteiger partial charge in [-0.3, -0.25) is 4.79 Å². The number of nitrogens with zero attached hydrogens (tertiary/aromatic N) is 1. The monoisotopic (exact) mass is 304 g/mol. The highest BCUT2D eigenvalue weighted by Gasteiger charge is 2.23. The summed E-state index contributed by atoms with van der Waals surface area (Å²) < 4.78 is 24.1. The maximum absolute atomic E-state index is 12.0. The molecule has 0 aromatic heterocycles. The number of hydrogen-bond donors (Lipinski definition) is 1.